The first kappa shape index (κ1) is 17.2. The average Bonchev–Trinajstić information content (AvgIpc) is 2.55. The molecule has 0 aliphatic rings. The number of halogens is 1. The molecule has 0 bridgehead atoms. The lowest BCUT2D eigenvalue weighted by Crippen LogP contribution is -2.35. The topological polar surface area (TPSA) is 49.4 Å². The van der Waals surface area contributed by atoms with Gasteiger partial charge in [-0.1, -0.05) is 37.3 Å². The van der Waals surface area contributed by atoms with Crippen LogP contribution in [0.3, 0.4) is 0 Å². The van der Waals surface area contributed by atoms with E-state index in [0.29, 0.717) is 10.0 Å². The molecule has 2 amide bonds. The van der Waals surface area contributed by atoms with E-state index in [9.17, 15) is 9.59 Å². The van der Waals surface area contributed by atoms with E-state index in [2.05, 4.69) is 21.2 Å². The fourth-order valence-corrected chi connectivity index (χ4v) is 2.72. The number of rotatable bonds is 5. The minimum atomic E-state index is -0.214. The van der Waals surface area contributed by atoms with Crippen LogP contribution >= 0.6 is 15.9 Å². The average molecular weight is 375 g/mol. The van der Waals surface area contributed by atoms with E-state index in [1.807, 2.05) is 37.3 Å². The summed E-state index contributed by atoms with van der Waals surface area (Å²) in [5.74, 6) is -0.412. The second kappa shape index (κ2) is 7.92. The summed E-state index contributed by atoms with van der Waals surface area (Å²) in [6.45, 7) is 2.03. The third-order valence-electron chi connectivity index (χ3n) is 3.50. The second-order valence-electron chi connectivity index (χ2n) is 5.20. The number of likely N-dealkylation sites (N-methyl/N-ethyl adjacent to an activating group) is 1. The van der Waals surface area contributed by atoms with E-state index in [1.165, 1.54) is 4.90 Å². The van der Waals surface area contributed by atoms with Crippen molar-refractivity contribution in [3.63, 3.8) is 0 Å². The van der Waals surface area contributed by atoms with Crippen LogP contribution in [0, 0.1) is 0 Å². The molecule has 2 aromatic rings. The monoisotopic (exact) mass is 374 g/mol. The molecule has 0 aliphatic heterocycles. The molecule has 0 saturated heterocycles. The van der Waals surface area contributed by atoms with Gasteiger partial charge in [0.2, 0.25) is 5.91 Å². The van der Waals surface area contributed by atoms with Gasteiger partial charge in [-0.15, -0.1) is 0 Å². The normalized spacial score (nSPS) is 10.2. The van der Waals surface area contributed by atoms with Crippen LogP contribution in [-0.2, 0) is 11.2 Å². The highest BCUT2D eigenvalue weighted by atomic mass is 79.9. The maximum atomic E-state index is 12.4. The predicted octanol–water partition coefficient (Wildman–Crippen LogP) is 3.72. The number of para-hydroxylation sites is 1. The van der Waals surface area contributed by atoms with Gasteiger partial charge in [0, 0.05) is 17.2 Å². The van der Waals surface area contributed by atoms with Crippen LogP contribution in [0.15, 0.2) is 53.0 Å². The highest BCUT2D eigenvalue weighted by Gasteiger charge is 2.17. The number of carbonyl (C=O) groups excluding carboxylic acids is 2. The van der Waals surface area contributed by atoms with Crippen molar-refractivity contribution in [3.8, 4) is 0 Å². The van der Waals surface area contributed by atoms with Crippen molar-refractivity contribution >= 4 is 33.4 Å². The van der Waals surface area contributed by atoms with E-state index < -0.39 is 0 Å². The van der Waals surface area contributed by atoms with E-state index in [-0.39, 0.29) is 18.4 Å². The highest BCUT2D eigenvalue weighted by Crippen LogP contribution is 2.18. The summed E-state index contributed by atoms with van der Waals surface area (Å²) in [4.78, 5) is 26.0. The Morgan fingerprint density at radius 3 is 2.43 bits per heavy atom. The summed E-state index contributed by atoms with van der Waals surface area (Å²) in [6.07, 6.45) is 0.836. The summed E-state index contributed by atoms with van der Waals surface area (Å²) >= 11 is 3.36. The third kappa shape index (κ3) is 4.42. The van der Waals surface area contributed by atoms with Crippen molar-refractivity contribution < 1.29 is 9.59 Å². The number of hydrogen-bond acceptors (Lipinski definition) is 2. The van der Waals surface area contributed by atoms with Gasteiger partial charge in [-0.2, -0.15) is 0 Å². The lowest BCUT2D eigenvalue weighted by molar-refractivity contribution is -0.116. The molecular formula is C18H19BrN2O2. The van der Waals surface area contributed by atoms with E-state index >= 15 is 0 Å². The Bertz CT molecular complexity index is 716. The van der Waals surface area contributed by atoms with Gasteiger partial charge >= 0.3 is 0 Å². The predicted molar refractivity (Wildman–Crippen MR) is 95.6 cm³/mol. The smallest absolute Gasteiger partial charge is 0.255 e. The molecule has 0 aliphatic carbocycles. The lowest BCUT2D eigenvalue weighted by Gasteiger charge is -2.18. The maximum Gasteiger partial charge on any atom is 0.255 e. The van der Waals surface area contributed by atoms with Crippen LogP contribution in [0.4, 0.5) is 5.69 Å². The Morgan fingerprint density at radius 1 is 1.09 bits per heavy atom. The largest absolute Gasteiger partial charge is 0.332 e. The number of anilines is 1. The van der Waals surface area contributed by atoms with Crippen molar-refractivity contribution in [2.24, 2.45) is 0 Å². The molecule has 0 unspecified atom stereocenters. The first-order valence-electron chi connectivity index (χ1n) is 7.40. The Morgan fingerprint density at radius 2 is 1.74 bits per heavy atom. The Balaban J connectivity index is 2.02. The van der Waals surface area contributed by atoms with Crippen LogP contribution < -0.4 is 5.32 Å². The zero-order valence-corrected chi connectivity index (χ0v) is 14.8. The molecular weight excluding hydrogens is 356 g/mol. The van der Waals surface area contributed by atoms with Crippen molar-refractivity contribution in [2.45, 2.75) is 13.3 Å². The quantitative estimate of drug-likeness (QED) is 0.866. The maximum absolute atomic E-state index is 12.4. The molecule has 2 rings (SSSR count). The van der Waals surface area contributed by atoms with Gasteiger partial charge in [0.15, 0.2) is 0 Å². The van der Waals surface area contributed by atoms with Gasteiger partial charge in [0.1, 0.15) is 0 Å². The Hall–Kier alpha value is -2.14. The number of aryl methyl sites for hydroxylation is 1. The fraction of sp³-hybridized carbons (Fsp3) is 0.222. The summed E-state index contributed by atoms with van der Waals surface area (Å²) in [7, 11) is 1.62. The molecule has 2 aromatic carbocycles. The van der Waals surface area contributed by atoms with Gasteiger partial charge in [0.25, 0.3) is 5.91 Å². The number of benzene rings is 2. The number of hydrogen-bond donors (Lipinski definition) is 1. The van der Waals surface area contributed by atoms with E-state index in [0.717, 1.165) is 17.7 Å². The molecule has 5 heteroatoms. The number of nitrogens with zero attached hydrogens (tertiary/aromatic N) is 1. The first-order chi connectivity index (χ1) is 11.0. The van der Waals surface area contributed by atoms with Crippen LogP contribution in [0.5, 0.6) is 0 Å². The molecule has 0 radical (unpaired) electrons. The zero-order chi connectivity index (χ0) is 16.8. The molecule has 23 heavy (non-hydrogen) atoms. The van der Waals surface area contributed by atoms with Crippen molar-refractivity contribution in [1.82, 2.24) is 4.90 Å². The van der Waals surface area contributed by atoms with Crippen molar-refractivity contribution in [1.29, 1.82) is 0 Å². The van der Waals surface area contributed by atoms with Crippen LogP contribution in [0.1, 0.15) is 22.8 Å². The van der Waals surface area contributed by atoms with E-state index in [1.54, 1.807) is 25.2 Å². The molecule has 0 spiro atoms. The Labute approximate surface area is 144 Å². The van der Waals surface area contributed by atoms with E-state index in [4.69, 9.17) is 0 Å². The lowest BCUT2D eigenvalue weighted by atomic mass is 10.1. The summed E-state index contributed by atoms with van der Waals surface area (Å²) < 4.78 is 0.716. The van der Waals surface area contributed by atoms with Crippen LogP contribution in [0.25, 0.3) is 0 Å². The van der Waals surface area contributed by atoms with Gasteiger partial charge in [-0.05, 0) is 46.1 Å². The molecule has 0 aromatic heterocycles. The first-order valence-corrected chi connectivity index (χ1v) is 8.20. The molecule has 120 valence electrons. The van der Waals surface area contributed by atoms with Gasteiger partial charge in [-0.3, -0.25) is 9.59 Å². The molecule has 0 fully saturated rings. The molecule has 0 atom stereocenters. The standard InChI is InChI=1S/C18H19BrN2O2/c1-3-13-8-4-7-11-16(13)20-17(22)12-21(2)18(23)14-9-5-6-10-15(14)19/h4-11H,3,12H2,1-2H3,(H,20,22). The minimum absolute atomic E-state index is 0.00177. The summed E-state index contributed by atoms with van der Waals surface area (Å²) in [6, 6.07) is 14.8. The molecule has 1 N–H and O–H groups in total. The van der Waals surface area contributed by atoms with Gasteiger partial charge < -0.3 is 10.2 Å². The minimum Gasteiger partial charge on any atom is -0.332 e. The van der Waals surface area contributed by atoms with Crippen molar-refractivity contribution in [2.75, 3.05) is 18.9 Å². The van der Waals surface area contributed by atoms with Gasteiger partial charge in [0.05, 0.1) is 12.1 Å². The zero-order valence-electron chi connectivity index (χ0n) is 13.2. The SMILES string of the molecule is CCc1ccccc1NC(=O)CN(C)C(=O)c1ccccc1Br. The number of amides is 2. The van der Waals surface area contributed by atoms with Crippen LogP contribution in [-0.4, -0.2) is 30.3 Å². The Kier molecular flexibility index (Phi) is 5.93. The second-order valence-corrected chi connectivity index (χ2v) is 6.05. The molecule has 0 saturated carbocycles. The molecule has 0 heterocycles. The van der Waals surface area contributed by atoms with Gasteiger partial charge in [-0.25, -0.2) is 0 Å². The summed E-state index contributed by atoms with van der Waals surface area (Å²) in [5.41, 5.74) is 2.40. The summed E-state index contributed by atoms with van der Waals surface area (Å²) in [5, 5.41) is 2.87. The van der Waals surface area contributed by atoms with Crippen molar-refractivity contribution in [3.05, 3.63) is 64.1 Å². The highest BCUT2D eigenvalue weighted by molar-refractivity contribution is 9.10. The number of carbonyl (C=O) groups is 2. The number of nitrogens with one attached hydrogen (secondary N) is 1. The molecule has 4 nitrogen and oxygen atoms in total. The van der Waals surface area contributed by atoms with Crippen LogP contribution in [0.2, 0.25) is 0 Å². The fourth-order valence-electron chi connectivity index (χ4n) is 2.27. The third-order valence-corrected chi connectivity index (χ3v) is 4.20.